The van der Waals surface area contributed by atoms with Crippen molar-refractivity contribution in [2.24, 2.45) is 0 Å². The first kappa shape index (κ1) is 21.7. The van der Waals surface area contributed by atoms with Gasteiger partial charge in [-0.25, -0.2) is 0 Å². The van der Waals surface area contributed by atoms with E-state index >= 15 is 0 Å². The lowest BCUT2D eigenvalue weighted by Gasteiger charge is -2.41. The van der Waals surface area contributed by atoms with E-state index in [1.54, 1.807) is 0 Å². The summed E-state index contributed by atoms with van der Waals surface area (Å²) < 4.78 is 0. The summed E-state index contributed by atoms with van der Waals surface area (Å²) in [5.74, 6) is 0. The molecule has 1 aliphatic carbocycles. The first-order valence-corrected chi connectivity index (χ1v) is 12.3. The van der Waals surface area contributed by atoms with Crippen molar-refractivity contribution < 1.29 is 0 Å². The monoisotopic (exact) mass is 466 g/mol. The molecular weight excluding hydrogens is 436 g/mol. The van der Waals surface area contributed by atoms with Gasteiger partial charge in [0, 0.05) is 35.6 Å². The van der Waals surface area contributed by atoms with Gasteiger partial charge in [-0.15, -0.1) is 0 Å². The van der Waals surface area contributed by atoms with Gasteiger partial charge in [0.15, 0.2) is 5.11 Å². The van der Waals surface area contributed by atoms with Crippen LogP contribution in [0, 0.1) is 0 Å². The Balaban J connectivity index is 1.66. The maximum atomic E-state index is 7.06. The number of nitrogens with one attached hydrogen (secondary N) is 1. The molecule has 168 valence electrons. The topological polar surface area (TPSA) is 31.4 Å². The number of aromatic nitrogens is 1. The molecule has 0 bridgehead atoms. The maximum Gasteiger partial charge on any atom is 0.170 e. The van der Waals surface area contributed by atoms with Crippen LogP contribution in [-0.4, -0.2) is 33.6 Å². The summed E-state index contributed by atoms with van der Waals surface area (Å²) in [5.41, 5.74) is 5.79. The summed E-state index contributed by atoms with van der Waals surface area (Å²) in [6.45, 7) is 6.67. The molecule has 2 fully saturated rings. The van der Waals surface area contributed by atoms with Crippen molar-refractivity contribution in [2.75, 3.05) is 11.9 Å². The molecule has 1 saturated heterocycles. The zero-order valence-electron chi connectivity index (χ0n) is 19.2. The number of halogens is 1. The van der Waals surface area contributed by atoms with Gasteiger partial charge < -0.3 is 15.1 Å². The molecule has 6 heteroatoms. The van der Waals surface area contributed by atoms with Crippen LogP contribution in [0.25, 0.3) is 5.57 Å². The number of anilines is 1. The minimum Gasteiger partial charge on any atom is -0.365 e. The Hall–Kier alpha value is -2.11. The van der Waals surface area contributed by atoms with Crippen LogP contribution in [0.15, 0.2) is 42.6 Å². The third-order valence-corrected chi connectivity index (χ3v) is 8.16. The van der Waals surface area contributed by atoms with Crippen LogP contribution in [0.5, 0.6) is 0 Å². The van der Waals surface area contributed by atoms with Crippen molar-refractivity contribution >= 4 is 40.2 Å². The predicted octanol–water partition coefficient (Wildman–Crippen LogP) is 6.28. The van der Waals surface area contributed by atoms with Crippen molar-refractivity contribution in [3.63, 3.8) is 0 Å². The maximum absolute atomic E-state index is 7.06. The SMILES string of the molecule is CC1=CC(C)(C)N(C)c2cc(Cl)c(C3C(c4ccccn4)NC(=S)N3C3CCCC3)cc21. The summed E-state index contributed by atoms with van der Waals surface area (Å²) >= 11 is 12.9. The van der Waals surface area contributed by atoms with Gasteiger partial charge in [0.05, 0.1) is 23.3 Å². The number of thiocarbonyl (C=S) groups is 1. The van der Waals surface area contributed by atoms with E-state index in [0.29, 0.717) is 6.04 Å². The smallest absolute Gasteiger partial charge is 0.170 e. The van der Waals surface area contributed by atoms with Crippen LogP contribution >= 0.6 is 23.8 Å². The largest absolute Gasteiger partial charge is 0.365 e. The minimum absolute atomic E-state index is 0.0198. The Morgan fingerprint density at radius 1 is 1.19 bits per heavy atom. The van der Waals surface area contributed by atoms with Gasteiger partial charge in [0.2, 0.25) is 0 Å². The minimum atomic E-state index is -0.0508. The Morgan fingerprint density at radius 3 is 2.62 bits per heavy atom. The first-order valence-electron chi connectivity index (χ1n) is 11.5. The third kappa shape index (κ3) is 3.50. The quantitative estimate of drug-likeness (QED) is 0.538. The van der Waals surface area contributed by atoms with Crippen molar-refractivity contribution in [3.8, 4) is 0 Å². The molecule has 1 aromatic heterocycles. The predicted molar refractivity (Wildman–Crippen MR) is 137 cm³/mol. The van der Waals surface area contributed by atoms with E-state index in [1.165, 1.54) is 42.5 Å². The lowest BCUT2D eigenvalue weighted by molar-refractivity contribution is 0.245. The second kappa shape index (κ2) is 8.03. The number of rotatable bonds is 3. The van der Waals surface area contributed by atoms with Crippen molar-refractivity contribution in [3.05, 3.63) is 64.4 Å². The van der Waals surface area contributed by atoms with E-state index in [1.807, 2.05) is 18.3 Å². The highest BCUT2D eigenvalue weighted by Crippen LogP contribution is 2.48. The van der Waals surface area contributed by atoms with Crippen LogP contribution in [0.3, 0.4) is 0 Å². The zero-order chi connectivity index (χ0) is 22.6. The molecule has 1 saturated carbocycles. The number of pyridine rings is 1. The summed E-state index contributed by atoms with van der Waals surface area (Å²) in [5, 5.41) is 5.21. The highest BCUT2D eigenvalue weighted by atomic mass is 35.5. The van der Waals surface area contributed by atoms with Gasteiger partial charge in [-0.1, -0.05) is 36.6 Å². The van der Waals surface area contributed by atoms with Crippen molar-refractivity contribution in [1.82, 2.24) is 15.2 Å². The zero-order valence-corrected chi connectivity index (χ0v) is 20.8. The number of hydrogen-bond acceptors (Lipinski definition) is 3. The van der Waals surface area contributed by atoms with Crippen molar-refractivity contribution in [1.29, 1.82) is 0 Å². The molecule has 4 nitrogen and oxygen atoms in total. The number of hydrogen-bond donors (Lipinski definition) is 1. The standard InChI is InChI=1S/C26H31ClN4S/c1-16-15-26(2,3)30(4)22-14-20(27)19(13-18(16)22)24-23(21-11-7-8-12-28-21)29-25(32)31(24)17-9-5-6-10-17/h7-8,11-15,17,23-24H,5-6,9-10H2,1-4H3,(H,29,32). The van der Waals surface area contributed by atoms with E-state index in [-0.39, 0.29) is 17.6 Å². The molecule has 2 aromatic rings. The number of allylic oxidation sites excluding steroid dienone is 1. The van der Waals surface area contributed by atoms with Gasteiger partial charge >= 0.3 is 0 Å². The Labute approximate surface area is 201 Å². The molecule has 0 amide bonds. The van der Waals surface area contributed by atoms with Gasteiger partial charge in [-0.05, 0) is 81.2 Å². The Morgan fingerprint density at radius 2 is 1.94 bits per heavy atom. The normalized spacial score (nSPS) is 25.0. The van der Waals surface area contributed by atoms with Crippen LogP contribution < -0.4 is 10.2 Å². The van der Waals surface area contributed by atoms with E-state index in [0.717, 1.165) is 21.4 Å². The van der Waals surface area contributed by atoms with Crippen LogP contribution in [0.4, 0.5) is 5.69 Å². The number of likely N-dealkylation sites (N-methyl/N-ethyl adjacent to an activating group) is 1. The van der Waals surface area contributed by atoms with E-state index in [9.17, 15) is 0 Å². The van der Waals surface area contributed by atoms with E-state index in [4.69, 9.17) is 23.8 Å². The van der Waals surface area contributed by atoms with Gasteiger partial charge in [-0.2, -0.15) is 0 Å². The van der Waals surface area contributed by atoms with Crippen LogP contribution in [0.1, 0.15) is 75.4 Å². The van der Waals surface area contributed by atoms with Crippen molar-refractivity contribution in [2.45, 2.75) is 70.1 Å². The molecule has 2 aliphatic heterocycles. The van der Waals surface area contributed by atoms with E-state index < -0.39 is 0 Å². The summed E-state index contributed by atoms with van der Waals surface area (Å²) in [7, 11) is 2.14. The fourth-order valence-electron chi connectivity index (χ4n) is 5.69. The number of benzene rings is 1. The molecule has 32 heavy (non-hydrogen) atoms. The highest BCUT2D eigenvalue weighted by molar-refractivity contribution is 7.80. The fraction of sp³-hybridized carbons (Fsp3) is 0.462. The Bertz CT molecular complexity index is 1070. The summed E-state index contributed by atoms with van der Waals surface area (Å²) in [6, 6.07) is 11.0. The molecule has 2 unspecified atom stereocenters. The fourth-order valence-corrected chi connectivity index (χ4v) is 6.35. The molecule has 3 aliphatic rings. The average molecular weight is 467 g/mol. The second-order valence-electron chi connectivity index (χ2n) is 9.90. The summed E-state index contributed by atoms with van der Waals surface area (Å²) in [6.07, 6.45) is 9.05. The first-order chi connectivity index (χ1) is 15.3. The van der Waals surface area contributed by atoms with Crippen LogP contribution in [-0.2, 0) is 0 Å². The molecule has 1 aromatic carbocycles. The van der Waals surface area contributed by atoms with E-state index in [2.05, 4.69) is 72.2 Å². The van der Waals surface area contributed by atoms with Gasteiger partial charge in [0.25, 0.3) is 0 Å². The molecule has 0 radical (unpaired) electrons. The molecule has 3 heterocycles. The average Bonchev–Trinajstić information content (AvgIpc) is 3.40. The van der Waals surface area contributed by atoms with Gasteiger partial charge in [-0.3, -0.25) is 4.98 Å². The number of fused-ring (bicyclic) bond motifs is 1. The van der Waals surface area contributed by atoms with Gasteiger partial charge in [0.1, 0.15) is 0 Å². The molecule has 1 N–H and O–H groups in total. The lowest BCUT2D eigenvalue weighted by Crippen LogP contribution is -2.42. The molecule has 0 spiro atoms. The lowest BCUT2D eigenvalue weighted by atomic mass is 9.86. The highest BCUT2D eigenvalue weighted by Gasteiger charge is 2.45. The molecule has 5 rings (SSSR count). The molecular formula is C26H31ClN4S. The molecule has 2 atom stereocenters. The summed E-state index contributed by atoms with van der Waals surface area (Å²) in [4.78, 5) is 9.42. The Kier molecular flexibility index (Phi) is 5.45. The number of nitrogens with zero attached hydrogens (tertiary/aromatic N) is 3. The van der Waals surface area contributed by atoms with Crippen LogP contribution in [0.2, 0.25) is 5.02 Å². The second-order valence-corrected chi connectivity index (χ2v) is 10.7. The third-order valence-electron chi connectivity index (χ3n) is 7.51.